The maximum atomic E-state index is 13.6. The van der Waals surface area contributed by atoms with Crippen molar-refractivity contribution in [1.82, 2.24) is 9.97 Å². The maximum Gasteiger partial charge on any atom is 0.186 e. The summed E-state index contributed by atoms with van der Waals surface area (Å²) in [5.74, 6) is -0.140. The van der Waals surface area contributed by atoms with E-state index in [1.165, 1.54) is 11.9 Å². The maximum absolute atomic E-state index is 13.6. The number of nitrogens with zero attached hydrogens (tertiary/aromatic N) is 2. The Labute approximate surface area is 99.7 Å². The Morgan fingerprint density at radius 3 is 2.82 bits per heavy atom. The standard InChI is InChI=1S/C13H14FN3/c1-9-4-3-5-11(6-9)7-15-13-12(14)10(2)16-8-17-13/h3-6,8H,7H2,1-2H3,(H,15,16,17). The highest BCUT2D eigenvalue weighted by Gasteiger charge is 2.06. The summed E-state index contributed by atoms with van der Waals surface area (Å²) in [6, 6.07) is 8.05. The Morgan fingerprint density at radius 2 is 2.06 bits per heavy atom. The van der Waals surface area contributed by atoms with Crippen molar-refractivity contribution in [2.24, 2.45) is 0 Å². The minimum absolute atomic E-state index is 0.249. The fourth-order valence-corrected chi connectivity index (χ4v) is 1.59. The van der Waals surface area contributed by atoms with Crippen molar-refractivity contribution >= 4 is 5.82 Å². The van der Waals surface area contributed by atoms with Gasteiger partial charge in [-0.15, -0.1) is 0 Å². The monoisotopic (exact) mass is 231 g/mol. The van der Waals surface area contributed by atoms with Crippen LogP contribution in [0.2, 0.25) is 0 Å². The van der Waals surface area contributed by atoms with Crippen molar-refractivity contribution in [3.8, 4) is 0 Å². The second-order valence-corrected chi connectivity index (χ2v) is 3.96. The molecule has 0 spiro atoms. The fraction of sp³-hybridized carbons (Fsp3) is 0.231. The molecule has 0 atom stereocenters. The summed E-state index contributed by atoms with van der Waals surface area (Å²) in [4.78, 5) is 7.66. The number of aromatic nitrogens is 2. The highest BCUT2D eigenvalue weighted by Crippen LogP contribution is 2.13. The van der Waals surface area contributed by atoms with E-state index >= 15 is 0 Å². The van der Waals surface area contributed by atoms with Crippen LogP contribution in [-0.4, -0.2) is 9.97 Å². The van der Waals surface area contributed by atoms with Crippen LogP contribution < -0.4 is 5.32 Å². The molecule has 1 heterocycles. The minimum atomic E-state index is -0.389. The van der Waals surface area contributed by atoms with Crippen molar-refractivity contribution in [3.05, 3.63) is 53.2 Å². The molecule has 3 nitrogen and oxygen atoms in total. The Balaban J connectivity index is 2.10. The third kappa shape index (κ3) is 2.78. The summed E-state index contributed by atoms with van der Waals surface area (Å²) in [6.45, 7) is 4.20. The highest BCUT2D eigenvalue weighted by molar-refractivity contribution is 5.38. The van der Waals surface area contributed by atoms with E-state index in [0.29, 0.717) is 12.2 Å². The lowest BCUT2D eigenvalue weighted by Gasteiger charge is -2.07. The first kappa shape index (κ1) is 11.5. The number of aryl methyl sites for hydroxylation is 2. The third-order valence-electron chi connectivity index (χ3n) is 2.51. The molecule has 88 valence electrons. The lowest BCUT2D eigenvalue weighted by atomic mass is 10.1. The largest absolute Gasteiger partial charge is 0.363 e. The van der Waals surface area contributed by atoms with Crippen LogP contribution in [0.3, 0.4) is 0 Å². The zero-order valence-corrected chi connectivity index (χ0v) is 9.87. The van der Waals surface area contributed by atoms with Crippen LogP contribution in [0.15, 0.2) is 30.6 Å². The van der Waals surface area contributed by atoms with Gasteiger partial charge in [0.25, 0.3) is 0 Å². The molecule has 0 saturated heterocycles. The Morgan fingerprint density at radius 1 is 1.24 bits per heavy atom. The summed E-state index contributed by atoms with van der Waals surface area (Å²) >= 11 is 0. The van der Waals surface area contributed by atoms with Gasteiger partial charge in [0.05, 0.1) is 5.69 Å². The number of halogens is 1. The van der Waals surface area contributed by atoms with Crippen LogP contribution in [0.1, 0.15) is 16.8 Å². The zero-order chi connectivity index (χ0) is 12.3. The van der Waals surface area contributed by atoms with E-state index in [2.05, 4.69) is 21.4 Å². The molecule has 0 fully saturated rings. The van der Waals surface area contributed by atoms with Crippen molar-refractivity contribution in [1.29, 1.82) is 0 Å². The van der Waals surface area contributed by atoms with E-state index in [1.54, 1.807) is 6.92 Å². The fourth-order valence-electron chi connectivity index (χ4n) is 1.59. The van der Waals surface area contributed by atoms with Gasteiger partial charge < -0.3 is 5.32 Å². The number of nitrogens with one attached hydrogen (secondary N) is 1. The SMILES string of the molecule is Cc1cccc(CNc2ncnc(C)c2F)c1. The van der Waals surface area contributed by atoms with Gasteiger partial charge in [-0.1, -0.05) is 29.8 Å². The third-order valence-corrected chi connectivity index (χ3v) is 2.51. The quantitative estimate of drug-likeness (QED) is 0.882. The Hall–Kier alpha value is -1.97. The summed E-state index contributed by atoms with van der Waals surface area (Å²) in [5, 5.41) is 2.97. The van der Waals surface area contributed by atoms with Crippen LogP contribution in [0.4, 0.5) is 10.2 Å². The number of anilines is 1. The number of rotatable bonds is 3. The normalized spacial score (nSPS) is 10.3. The van der Waals surface area contributed by atoms with Crippen LogP contribution in [0.25, 0.3) is 0 Å². The smallest absolute Gasteiger partial charge is 0.186 e. The second kappa shape index (κ2) is 4.91. The van der Waals surface area contributed by atoms with Crippen LogP contribution >= 0.6 is 0 Å². The first-order valence-electron chi connectivity index (χ1n) is 5.43. The van der Waals surface area contributed by atoms with E-state index < -0.39 is 0 Å². The van der Waals surface area contributed by atoms with E-state index in [0.717, 1.165) is 5.56 Å². The molecule has 2 aromatic rings. The van der Waals surface area contributed by atoms with Crippen LogP contribution in [0.5, 0.6) is 0 Å². The van der Waals surface area contributed by atoms with E-state index in [9.17, 15) is 4.39 Å². The zero-order valence-electron chi connectivity index (χ0n) is 9.87. The topological polar surface area (TPSA) is 37.8 Å². The molecule has 1 aromatic carbocycles. The molecule has 2 rings (SSSR count). The summed E-state index contributed by atoms with van der Waals surface area (Å²) in [6.07, 6.45) is 1.36. The van der Waals surface area contributed by atoms with E-state index in [4.69, 9.17) is 0 Å². The summed E-state index contributed by atoms with van der Waals surface area (Å²) < 4.78 is 13.6. The van der Waals surface area contributed by atoms with Gasteiger partial charge in [-0.25, -0.2) is 14.4 Å². The van der Waals surface area contributed by atoms with Gasteiger partial charge in [0, 0.05) is 6.54 Å². The molecule has 1 N–H and O–H groups in total. The number of hydrogen-bond acceptors (Lipinski definition) is 3. The Bertz CT molecular complexity index is 526. The van der Waals surface area contributed by atoms with Crippen molar-refractivity contribution in [2.45, 2.75) is 20.4 Å². The molecular weight excluding hydrogens is 217 g/mol. The second-order valence-electron chi connectivity index (χ2n) is 3.96. The van der Waals surface area contributed by atoms with Gasteiger partial charge in [0.1, 0.15) is 6.33 Å². The predicted molar refractivity (Wildman–Crippen MR) is 65.2 cm³/mol. The highest BCUT2D eigenvalue weighted by atomic mass is 19.1. The van der Waals surface area contributed by atoms with Gasteiger partial charge in [-0.2, -0.15) is 0 Å². The van der Waals surface area contributed by atoms with Gasteiger partial charge in [-0.05, 0) is 19.4 Å². The van der Waals surface area contributed by atoms with Crippen LogP contribution in [-0.2, 0) is 6.54 Å². The van der Waals surface area contributed by atoms with Crippen LogP contribution in [0, 0.1) is 19.7 Å². The van der Waals surface area contributed by atoms with Crippen molar-refractivity contribution in [2.75, 3.05) is 5.32 Å². The first-order valence-corrected chi connectivity index (χ1v) is 5.43. The molecular formula is C13H14FN3. The molecule has 0 amide bonds. The molecule has 0 unspecified atom stereocenters. The molecule has 0 bridgehead atoms. The molecule has 4 heteroatoms. The Kier molecular flexibility index (Phi) is 3.32. The molecule has 1 aromatic heterocycles. The summed E-state index contributed by atoms with van der Waals surface area (Å²) in [5.41, 5.74) is 2.64. The molecule has 0 aliphatic rings. The van der Waals surface area contributed by atoms with Gasteiger partial charge >= 0.3 is 0 Å². The molecule has 0 radical (unpaired) electrons. The van der Waals surface area contributed by atoms with Crippen molar-refractivity contribution < 1.29 is 4.39 Å². The lowest BCUT2D eigenvalue weighted by Crippen LogP contribution is -2.05. The molecule has 0 aliphatic carbocycles. The molecule has 0 aliphatic heterocycles. The lowest BCUT2D eigenvalue weighted by molar-refractivity contribution is 0.604. The van der Waals surface area contributed by atoms with Gasteiger partial charge in [0.15, 0.2) is 11.6 Å². The number of hydrogen-bond donors (Lipinski definition) is 1. The van der Waals surface area contributed by atoms with Crippen molar-refractivity contribution in [3.63, 3.8) is 0 Å². The predicted octanol–water partition coefficient (Wildman–Crippen LogP) is 2.84. The van der Waals surface area contributed by atoms with E-state index in [-0.39, 0.29) is 11.6 Å². The average Bonchev–Trinajstić information content (AvgIpc) is 2.31. The van der Waals surface area contributed by atoms with Gasteiger partial charge in [-0.3, -0.25) is 0 Å². The van der Waals surface area contributed by atoms with E-state index in [1.807, 2.05) is 25.1 Å². The first-order chi connectivity index (χ1) is 8.16. The van der Waals surface area contributed by atoms with Gasteiger partial charge in [0.2, 0.25) is 0 Å². The average molecular weight is 231 g/mol. The minimum Gasteiger partial charge on any atom is -0.363 e. The molecule has 17 heavy (non-hydrogen) atoms. The molecule has 0 saturated carbocycles. The number of benzene rings is 1. The summed E-state index contributed by atoms with van der Waals surface area (Å²) in [7, 11) is 0.